The number of hydrogen-bond donors (Lipinski definition) is 1. The number of nitrogens with zero attached hydrogens (tertiary/aromatic N) is 2. The molecule has 2 aromatic heterocycles. The maximum absolute atomic E-state index is 12.6. The Hall–Kier alpha value is -3.25. The van der Waals surface area contributed by atoms with Crippen LogP contribution in [0.4, 0.5) is 5.69 Å². The fourth-order valence-electron chi connectivity index (χ4n) is 2.99. The average molecular weight is 404 g/mol. The molecule has 29 heavy (non-hydrogen) atoms. The van der Waals surface area contributed by atoms with Crippen LogP contribution < -0.4 is 10.1 Å². The Morgan fingerprint density at radius 2 is 1.93 bits per heavy atom. The number of benzene rings is 2. The molecule has 4 rings (SSSR count). The Kier molecular flexibility index (Phi) is 5.53. The molecule has 4 aromatic rings. The molecule has 0 aliphatic rings. The summed E-state index contributed by atoms with van der Waals surface area (Å²) in [6.07, 6.45) is 6.01. The van der Waals surface area contributed by atoms with Crippen molar-refractivity contribution in [3.8, 4) is 5.75 Å². The predicted molar refractivity (Wildman–Crippen MR) is 117 cm³/mol. The number of fused-ring (bicyclic) bond motifs is 1. The molecule has 1 amide bonds. The Morgan fingerprint density at radius 3 is 2.72 bits per heavy atom. The van der Waals surface area contributed by atoms with Crippen LogP contribution in [-0.2, 0) is 6.61 Å². The van der Waals surface area contributed by atoms with Gasteiger partial charge in [0.1, 0.15) is 18.0 Å². The van der Waals surface area contributed by atoms with Crippen molar-refractivity contribution in [2.45, 2.75) is 18.4 Å². The fraction of sp³-hybridized carbons (Fsp3) is 0.130. The highest BCUT2D eigenvalue weighted by Crippen LogP contribution is 2.20. The lowest BCUT2D eigenvalue weighted by Gasteiger charge is -2.08. The summed E-state index contributed by atoms with van der Waals surface area (Å²) in [5.74, 6) is 0.458. The minimum atomic E-state index is -0.171. The number of aryl methyl sites for hydroxylation is 1. The van der Waals surface area contributed by atoms with Gasteiger partial charge in [-0.2, -0.15) is 0 Å². The molecular weight excluding hydrogens is 382 g/mol. The van der Waals surface area contributed by atoms with Gasteiger partial charge in [-0.05, 0) is 67.3 Å². The number of anilines is 1. The van der Waals surface area contributed by atoms with Crippen LogP contribution in [0.15, 0.2) is 78.0 Å². The maximum Gasteiger partial charge on any atom is 0.255 e. The molecule has 0 fully saturated rings. The molecule has 0 spiro atoms. The SMILES string of the molecule is CSc1ccc(NC(=O)c2cccc(OCc3cn4cc(C)ccc4n3)c2)cc1. The highest BCUT2D eigenvalue weighted by atomic mass is 32.2. The lowest BCUT2D eigenvalue weighted by molar-refractivity contribution is 0.102. The van der Waals surface area contributed by atoms with Gasteiger partial charge in [-0.15, -0.1) is 11.8 Å². The van der Waals surface area contributed by atoms with Crippen molar-refractivity contribution in [3.05, 3.63) is 89.9 Å². The van der Waals surface area contributed by atoms with E-state index < -0.39 is 0 Å². The summed E-state index contributed by atoms with van der Waals surface area (Å²) in [7, 11) is 0. The molecule has 2 aromatic carbocycles. The van der Waals surface area contributed by atoms with E-state index in [9.17, 15) is 4.79 Å². The lowest BCUT2D eigenvalue weighted by Crippen LogP contribution is -2.11. The van der Waals surface area contributed by atoms with Gasteiger partial charge in [0.15, 0.2) is 0 Å². The first-order chi connectivity index (χ1) is 14.1. The number of nitrogens with one attached hydrogen (secondary N) is 1. The van der Waals surface area contributed by atoms with Crippen LogP contribution in [0.2, 0.25) is 0 Å². The number of amides is 1. The maximum atomic E-state index is 12.6. The third-order valence-corrected chi connectivity index (χ3v) is 5.22. The fourth-order valence-corrected chi connectivity index (χ4v) is 3.40. The number of hydrogen-bond acceptors (Lipinski definition) is 4. The first-order valence-corrected chi connectivity index (χ1v) is 10.5. The summed E-state index contributed by atoms with van der Waals surface area (Å²) < 4.78 is 7.85. The highest BCUT2D eigenvalue weighted by Gasteiger charge is 2.09. The summed E-state index contributed by atoms with van der Waals surface area (Å²) in [5, 5.41) is 2.91. The van der Waals surface area contributed by atoms with Gasteiger partial charge in [-0.25, -0.2) is 4.98 Å². The number of carbonyl (C=O) groups excluding carboxylic acids is 1. The molecule has 5 nitrogen and oxygen atoms in total. The first-order valence-electron chi connectivity index (χ1n) is 9.23. The predicted octanol–water partition coefficient (Wildman–Crippen LogP) is 5.20. The van der Waals surface area contributed by atoms with Gasteiger partial charge >= 0.3 is 0 Å². The molecule has 0 aliphatic carbocycles. The zero-order valence-electron chi connectivity index (χ0n) is 16.3. The van der Waals surface area contributed by atoms with Crippen LogP contribution in [0.1, 0.15) is 21.6 Å². The first kappa shape index (κ1) is 19.1. The molecule has 0 saturated carbocycles. The quantitative estimate of drug-likeness (QED) is 0.450. The minimum absolute atomic E-state index is 0.171. The van der Waals surface area contributed by atoms with Gasteiger partial charge in [-0.3, -0.25) is 4.79 Å². The van der Waals surface area contributed by atoms with Crippen LogP contribution >= 0.6 is 11.8 Å². The monoisotopic (exact) mass is 403 g/mol. The van der Waals surface area contributed by atoms with Gasteiger partial charge in [0, 0.05) is 28.5 Å². The second-order valence-corrected chi connectivity index (χ2v) is 7.58. The van der Waals surface area contributed by atoms with E-state index in [1.165, 1.54) is 5.56 Å². The summed E-state index contributed by atoms with van der Waals surface area (Å²) >= 11 is 1.66. The van der Waals surface area contributed by atoms with Crippen LogP contribution in [0.3, 0.4) is 0 Å². The molecule has 0 saturated heterocycles. The van der Waals surface area contributed by atoms with Gasteiger partial charge in [0.2, 0.25) is 0 Å². The Bertz CT molecular complexity index is 1150. The number of pyridine rings is 1. The molecular formula is C23H21N3O2S. The third-order valence-electron chi connectivity index (χ3n) is 4.48. The molecule has 0 unspecified atom stereocenters. The normalized spacial score (nSPS) is 10.8. The van der Waals surface area contributed by atoms with Crippen molar-refractivity contribution >= 4 is 29.0 Å². The molecule has 0 atom stereocenters. The highest BCUT2D eigenvalue weighted by molar-refractivity contribution is 7.98. The van der Waals surface area contributed by atoms with E-state index in [0.717, 1.165) is 21.9 Å². The summed E-state index contributed by atoms with van der Waals surface area (Å²) in [4.78, 5) is 18.3. The van der Waals surface area contributed by atoms with Gasteiger partial charge < -0.3 is 14.5 Å². The van der Waals surface area contributed by atoms with Gasteiger partial charge in [-0.1, -0.05) is 12.1 Å². The number of thioether (sulfide) groups is 1. The van der Waals surface area contributed by atoms with Crippen LogP contribution in [0.25, 0.3) is 5.65 Å². The average Bonchev–Trinajstić information content (AvgIpc) is 3.15. The van der Waals surface area contributed by atoms with Crippen LogP contribution in [-0.4, -0.2) is 21.5 Å². The van der Waals surface area contributed by atoms with Crippen LogP contribution in [0, 0.1) is 6.92 Å². The van der Waals surface area contributed by atoms with E-state index >= 15 is 0 Å². The zero-order valence-corrected chi connectivity index (χ0v) is 17.1. The van der Waals surface area contributed by atoms with E-state index in [1.807, 2.05) is 78.5 Å². The number of carbonyl (C=O) groups is 1. The topological polar surface area (TPSA) is 55.6 Å². The van der Waals surface area contributed by atoms with Gasteiger partial charge in [0.25, 0.3) is 5.91 Å². The Labute approximate surface area is 173 Å². The van der Waals surface area contributed by atoms with Crippen molar-refractivity contribution in [1.29, 1.82) is 0 Å². The second kappa shape index (κ2) is 8.41. The van der Waals surface area contributed by atoms with Crippen molar-refractivity contribution in [1.82, 2.24) is 9.38 Å². The molecule has 0 aliphatic heterocycles. The van der Waals surface area contributed by atoms with E-state index in [2.05, 4.69) is 10.3 Å². The Morgan fingerprint density at radius 1 is 1.10 bits per heavy atom. The standard InChI is InChI=1S/C23H21N3O2S/c1-16-6-11-22-24-19(14-26(22)13-16)15-28-20-5-3-4-17(12-20)23(27)25-18-7-9-21(29-2)10-8-18/h3-14H,15H2,1-2H3,(H,25,27). The van der Waals surface area contributed by atoms with Gasteiger partial charge in [0.05, 0.1) is 5.69 Å². The largest absolute Gasteiger partial charge is 0.487 e. The lowest BCUT2D eigenvalue weighted by atomic mass is 10.2. The number of rotatable bonds is 6. The van der Waals surface area contributed by atoms with E-state index in [4.69, 9.17) is 4.74 Å². The minimum Gasteiger partial charge on any atom is -0.487 e. The summed E-state index contributed by atoms with van der Waals surface area (Å²) in [6, 6.07) is 18.9. The molecule has 6 heteroatoms. The molecule has 146 valence electrons. The Balaban J connectivity index is 1.42. The van der Waals surface area contributed by atoms with E-state index in [1.54, 1.807) is 23.9 Å². The number of imidazole rings is 1. The summed E-state index contributed by atoms with van der Waals surface area (Å²) in [5.41, 5.74) is 4.19. The summed E-state index contributed by atoms with van der Waals surface area (Å²) in [6.45, 7) is 2.38. The number of ether oxygens (including phenoxy) is 1. The van der Waals surface area contributed by atoms with Crippen LogP contribution in [0.5, 0.6) is 5.75 Å². The van der Waals surface area contributed by atoms with Crippen molar-refractivity contribution in [2.24, 2.45) is 0 Å². The van der Waals surface area contributed by atoms with Crippen molar-refractivity contribution in [3.63, 3.8) is 0 Å². The molecule has 0 bridgehead atoms. The van der Waals surface area contributed by atoms with E-state index in [0.29, 0.717) is 17.9 Å². The third kappa shape index (κ3) is 4.60. The number of aromatic nitrogens is 2. The second-order valence-electron chi connectivity index (χ2n) is 6.70. The van der Waals surface area contributed by atoms with Crippen molar-refractivity contribution in [2.75, 3.05) is 11.6 Å². The van der Waals surface area contributed by atoms with Crippen molar-refractivity contribution < 1.29 is 9.53 Å². The van der Waals surface area contributed by atoms with E-state index in [-0.39, 0.29) is 5.91 Å². The zero-order chi connectivity index (χ0) is 20.2. The molecule has 2 heterocycles. The molecule has 0 radical (unpaired) electrons. The molecule has 1 N–H and O–H groups in total. The smallest absolute Gasteiger partial charge is 0.255 e.